The average molecular weight is 165 g/mol. The van der Waals surface area contributed by atoms with Gasteiger partial charge in [0.05, 0.1) is 5.69 Å². The van der Waals surface area contributed by atoms with E-state index in [0.29, 0.717) is 11.0 Å². The van der Waals surface area contributed by atoms with Crippen molar-refractivity contribution in [3.05, 3.63) is 16.0 Å². The van der Waals surface area contributed by atoms with Crippen LogP contribution in [0.1, 0.15) is 5.69 Å². The molecule has 0 atom stereocenters. The van der Waals surface area contributed by atoms with Crippen LogP contribution in [0.5, 0.6) is 0 Å². The number of aromatic nitrogens is 5. The Morgan fingerprint density at radius 2 is 2.25 bits per heavy atom. The monoisotopic (exact) mass is 165 g/mol. The van der Waals surface area contributed by atoms with Crippen LogP contribution in [0.2, 0.25) is 0 Å². The molecule has 2 rings (SSSR count). The molecular weight excluding hydrogens is 158 g/mol. The molecule has 0 saturated heterocycles. The number of aryl methyl sites for hydroxylation is 2. The molecule has 0 bridgehead atoms. The van der Waals surface area contributed by atoms with Gasteiger partial charge < -0.3 is 0 Å². The molecule has 0 unspecified atom stereocenters. The Bertz CT molecular complexity index is 482. The van der Waals surface area contributed by atoms with Crippen LogP contribution in [0.4, 0.5) is 0 Å². The second kappa shape index (κ2) is 2.13. The third kappa shape index (κ3) is 0.744. The normalized spacial score (nSPS) is 10.8. The van der Waals surface area contributed by atoms with Crippen molar-refractivity contribution in [3.8, 4) is 0 Å². The predicted molar refractivity (Wildman–Crippen MR) is 41.7 cm³/mol. The van der Waals surface area contributed by atoms with Crippen LogP contribution < -0.4 is 5.56 Å². The van der Waals surface area contributed by atoms with Gasteiger partial charge in [0.2, 0.25) is 0 Å². The summed E-state index contributed by atoms with van der Waals surface area (Å²) in [6.45, 7) is 1.79. The molecule has 62 valence electrons. The fourth-order valence-electron chi connectivity index (χ4n) is 1.16. The summed E-state index contributed by atoms with van der Waals surface area (Å²) < 4.78 is 1.53. The van der Waals surface area contributed by atoms with Gasteiger partial charge in [-0.2, -0.15) is 5.10 Å². The number of aromatic amines is 1. The van der Waals surface area contributed by atoms with Crippen LogP contribution in [0.3, 0.4) is 0 Å². The quantitative estimate of drug-likeness (QED) is 0.563. The maximum absolute atomic E-state index is 11.1. The topological polar surface area (TPSA) is 76.5 Å². The molecular formula is C6H7N5O. The van der Waals surface area contributed by atoms with Crippen molar-refractivity contribution in [1.82, 2.24) is 25.2 Å². The fraction of sp³-hybridized carbons (Fsp3) is 0.333. The number of hydrogen-bond acceptors (Lipinski definition) is 4. The molecule has 0 fully saturated rings. The van der Waals surface area contributed by atoms with Crippen molar-refractivity contribution >= 4 is 11.0 Å². The summed E-state index contributed by atoms with van der Waals surface area (Å²) in [4.78, 5) is 11.1. The molecule has 2 aromatic rings. The third-order valence-electron chi connectivity index (χ3n) is 1.71. The van der Waals surface area contributed by atoms with Gasteiger partial charge in [0.15, 0.2) is 5.52 Å². The molecule has 6 nitrogen and oxygen atoms in total. The second-order valence-corrected chi connectivity index (χ2v) is 2.55. The SMILES string of the molecule is Cc1n[nH]c(=O)c2nnn(C)c12. The number of nitrogens with zero attached hydrogens (tertiary/aromatic N) is 4. The van der Waals surface area contributed by atoms with E-state index in [2.05, 4.69) is 20.5 Å². The van der Waals surface area contributed by atoms with Crippen molar-refractivity contribution in [2.75, 3.05) is 0 Å². The van der Waals surface area contributed by atoms with Crippen LogP contribution in [0.15, 0.2) is 4.79 Å². The lowest BCUT2D eigenvalue weighted by molar-refractivity contribution is 0.733. The number of fused-ring (bicyclic) bond motifs is 1. The van der Waals surface area contributed by atoms with E-state index in [0.717, 1.165) is 5.69 Å². The molecule has 2 heterocycles. The standard InChI is InChI=1S/C6H7N5O/c1-3-5-4(6(12)9-7-3)8-10-11(5)2/h1-2H3,(H,9,12). The fourth-order valence-corrected chi connectivity index (χ4v) is 1.16. The van der Waals surface area contributed by atoms with Crippen molar-refractivity contribution in [1.29, 1.82) is 0 Å². The van der Waals surface area contributed by atoms with Crippen molar-refractivity contribution in [2.45, 2.75) is 6.92 Å². The molecule has 2 aromatic heterocycles. The average Bonchev–Trinajstić information content (AvgIpc) is 2.42. The number of rotatable bonds is 0. The van der Waals surface area contributed by atoms with Crippen molar-refractivity contribution in [2.24, 2.45) is 7.05 Å². The number of H-pyrrole nitrogens is 1. The molecule has 0 saturated carbocycles. The van der Waals surface area contributed by atoms with E-state index in [9.17, 15) is 4.79 Å². The zero-order valence-corrected chi connectivity index (χ0v) is 6.70. The van der Waals surface area contributed by atoms with Gasteiger partial charge in [0.1, 0.15) is 5.52 Å². The molecule has 0 aliphatic rings. The molecule has 0 spiro atoms. The first-order chi connectivity index (χ1) is 5.70. The van der Waals surface area contributed by atoms with E-state index in [1.165, 1.54) is 4.68 Å². The zero-order chi connectivity index (χ0) is 8.72. The highest BCUT2D eigenvalue weighted by Crippen LogP contribution is 2.05. The number of nitrogens with one attached hydrogen (secondary N) is 1. The van der Waals surface area contributed by atoms with E-state index < -0.39 is 0 Å². The Morgan fingerprint density at radius 3 is 2.92 bits per heavy atom. The van der Waals surface area contributed by atoms with Gasteiger partial charge in [-0.25, -0.2) is 9.78 Å². The molecule has 1 N–H and O–H groups in total. The highest BCUT2D eigenvalue weighted by molar-refractivity contribution is 5.74. The van der Waals surface area contributed by atoms with Gasteiger partial charge in [0.25, 0.3) is 5.56 Å². The Balaban J connectivity index is 3.09. The largest absolute Gasteiger partial charge is 0.294 e. The minimum absolute atomic E-state index is 0.302. The first-order valence-electron chi connectivity index (χ1n) is 3.45. The van der Waals surface area contributed by atoms with Gasteiger partial charge in [-0.1, -0.05) is 5.21 Å². The summed E-state index contributed by atoms with van der Waals surface area (Å²) in [5.41, 5.74) is 1.43. The van der Waals surface area contributed by atoms with Gasteiger partial charge in [-0.05, 0) is 6.92 Å². The maximum atomic E-state index is 11.1. The molecule has 0 radical (unpaired) electrons. The molecule has 0 aliphatic heterocycles. The molecule has 0 amide bonds. The predicted octanol–water partition coefficient (Wildman–Crippen LogP) is -0.640. The highest BCUT2D eigenvalue weighted by atomic mass is 16.1. The Hall–Kier alpha value is -1.72. The van der Waals surface area contributed by atoms with Gasteiger partial charge in [0, 0.05) is 7.05 Å². The lowest BCUT2D eigenvalue weighted by Gasteiger charge is -1.93. The molecule has 0 aliphatic carbocycles. The molecule has 6 heteroatoms. The van der Waals surface area contributed by atoms with E-state index in [4.69, 9.17) is 0 Å². The van der Waals surface area contributed by atoms with Crippen LogP contribution >= 0.6 is 0 Å². The summed E-state index contributed by atoms with van der Waals surface area (Å²) in [5, 5.41) is 13.6. The van der Waals surface area contributed by atoms with Gasteiger partial charge >= 0.3 is 0 Å². The lowest BCUT2D eigenvalue weighted by Crippen LogP contribution is -2.10. The van der Waals surface area contributed by atoms with E-state index >= 15 is 0 Å². The van der Waals surface area contributed by atoms with Crippen LogP contribution in [-0.4, -0.2) is 25.2 Å². The molecule has 12 heavy (non-hydrogen) atoms. The third-order valence-corrected chi connectivity index (χ3v) is 1.71. The summed E-state index contributed by atoms with van der Waals surface area (Å²) in [6, 6.07) is 0. The van der Waals surface area contributed by atoms with E-state index in [1.807, 2.05) is 0 Å². The molecule has 0 aromatic carbocycles. The van der Waals surface area contributed by atoms with Crippen molar-refractivity contribution in [3.63, 3.8) is 0 Å². The van der Waals surface area contributed by atoms with Crippen LogP contribution in [0.25, 0.3) is 11.0 Å². The van der Waals surface area contributed by atoms with E-state index in [1.54, 1.807) is 14.0 Å². The summed E-state index contributed by atoms with van der Waals surface area (Å²) in [7, 11) is 1.73. The Labute approximate surface area is 67.2 Å². The lowest BCUT2D eigenvalue weighted by atomic mass is 10.3. The summed E-state index contributed by atoms with van der Waals surface area (Å²) in [6.07, 6.45) is 0. The van der Waals surface area contributed by atoms with Gasteiger partial charge in [-0.15, -0.1) is 5.10 Å². The smallest absolute Gasteiger partial charge is 0.265 e. The van der Waals surface area contributed by atoms with Crippen LogP contribution in [-0.2, 0) is 7.05 Å². The summed E-state index contributed by atoms with van der Waals surface area (Å²) in [5.74, 6) is 0. The Morgan fingerprint density at radius 1 is 1.50 bits per heavy atom. The first-order valence-corrected chi connectivity index (χ1v) is 3.45. The summed E-state index contributed by atoms with van der Waals surface area (Å²) >= 11 is 0. The maximum Gasteiger partial charge on any atom is 0.294 e. The highest BCUT2D eigenvalue weighted by Gasteiger charge is 2.08. The van der Waals surface area contributed by atoms with E-state index in [-0.39, 0.29) is 5.56 Å². The second-order valence-electron chi connectivity index (χ2n) is 2.55. The Kier molecular flexibility index (Phi) is 1.24. The zero-order valence-electron chi connectivity index (χ0n) is 6.70. The van der Waals surface area contributed by atoms with Gasteiger partial charge in [-0.3, -0.25) is 4.79 Å². The van der Waals surface area contributed by atoms with Crippen molar-refractivity contribution < 1.29 is 0 Å². The first kappa shape index (κ1) is 6.96. The minimum Gasteiger partial charge on any atom is -0.265 e. The van der Waals surface area contributed by atoms with Crippen LogP contribution in [0, 0.1) is 6.92 Å². The number of hydrogen-bond donors (Lipinski definition) is 1. The minimum atomic E-state index is -0.302.